The number of nitrogens with zero attached hydrogens (tertiary/aromatic N) is 2. The van der Waals surface area contributed by atoms with Crippen molar-refractivity contribution >= 4 is 38.7 Å². The number of carbonyl (C=O) groups excluding carboxylic acids is 1. The molecule has 1 aliphatic heterocycles. The van der Waals surface area contributed by atoms with Crippen LogP contribution < -0.4 is 4.90 Å². The van der Waals surface area contributed by atoms with Crippen LogP contribution in [0.3, 0.4) is 0 Å². The third kappa shape index (κ3) is 4.31. The lowest BCUT2D eigenvalue weighted by Gasteiger charge is -2.23. The molecule has 1 heterocycles. The van der Waals surface area contributed by atoms with Crippen LogP contribution in [0.4, 0.5) is 5.69 Å². The number of halogens is 1. The van der Waals surface area contributed by atoms with Gasteiger partial charge in [-0.2, -0.15) is 0 Å². The molecule has 3 rings (SSSR count). The fourth-order valence-electron chi connectivity index (χ4n) is 2.96. The largest absolute Gasteiger partial charge is 0.310 e. The SMILES string of the molecule is CS(=O)(=O)CCCN1C(=O)CN=C(c2ccccc2)c2cc(Cl)ccc21. The normalized spacial score (nSPS) is 14.6. The molecule has 0 bridgehead atoms. The van der Waals surface area contributed by atoms with Crippen molar-refractivity contribution in [2.24, 2.45) is 4.99 Å². The Bertz CT molecular complexity index is 956. The first-order valence-corrected chi connectivity index (χ1v) is 10.7. The summed E-state index contributed by atoms with van der Waals surface area (Å²) in [6.07, 6.45) is 1.56. The van der Waals surface area contributed by atoms with Gasteiger partial charge < -0.3 is 4.90 Å². The number of hydrogen-bond acceptors (Lipinski definition) is 4. The minimum absolute atomic E-state index is 0.00933. The van der Waals surface area contributed by atoms with Gasteiger partial charge in [0.2, 0.25) is 5.91 Å². The zero-order valence-corrected chi connectivity index (χ0v) is 15.9. The van der Waals surface area contributed by atoms with Crippen LogP contribution in [0.2, 0.25) is 5.02 Å². The number of hydrogen-bond donors (Lipinski definition) is 0. The van der Waals surface area contributed by atoms with Crippen molar-refractivity contribution in [1.82, 2.24) is 0 Å². The quantitative estimate of drug-likeness (QED) is 0.788. The van der Waals surface area contributed by atoms with Crippen LogP contribution in [-0.2, 0) is 14.6 Å². The molecule has 26 heavy (non-hydrogen) atoms. The van der Waals surface area contributed by atoms with Crippen LogP contribution in [0.25, 0.3) is 0 Å². The monoisotopic (exact) mass is 390 g/mol. The lowest BCUT2D eigenvalue weighted by molar-refractivity contribution is -0.117. The number of anilines is 1. The molecule has 0 radical (unpaired) electrons. The minimum Gasteiger partial charge on any atom is -0.310 e. The number of benzene rings is 2. The lowest BCUT2D eigenvalue weighted by atomic mass is 10.00. The second kappa shape index (κ2) is 7.60. The summed E-state index contributed by atoms with van der Waals surface area (Å²) < 4.78 is 22.8. The van der Waals surface area contributed by atoms with E-state index in [2.05, 4.69) is 4.99 Å². The van der Waals surface area contributed by atoms with Crippen LogP contribution >= 0.6 is 11.6 Å². The molecule has 0 N–H and O–H groups in total. The summed E-state index contributed by atoms with van der Waals surface area (Å²) in [6.45, 7) is 0.327. The molecule has 0 fully saturated rings. The van der Waals surface area contributed by atoms with Gasteiger partial charge in [0.15, 0.2) is 0 Å². The molecule has 0 spiro atoms. The molecule has 5 nitrogen and oxygen atoms in total. The molecule has 1 aliphatic rings. The summed E-state index contributed by atoms with van der Waals surface area (Å²) in [5.74, 6) is -0.125. The molecular weight excluding hydrogens is 372 g/mol. The fraction of sp³-hybridized carbons (Fsp3) is 0.263. The molecule has 1 amide bonds. The zero-order valence-electron chi connectivity index (χ0n) is 14.4. The first-order chi connectivity index (χ1) is 12.3. The van der Waals surface area contributed by atoms with Gasteiger partial charge in [0.05, 0.1) is 17.2 Å². The molecule has 2 aromatic rings. The van der Waals surface area contributed by atoms with Crippen LogP contribution in [0.1, 0.15) is 17.5 Å². The standard InChI is InChI=1S/C19H19ClN2O3S/c1-26(24,25)11-5-10-22-17-9-8-15(20)12-16(17)19(21-13-18(22)23)14-6-3-2-4-7-14/h2-4,6-9,12H,5,10-11,13H2,1H3. The van der Waals surface area contributed by atoms with Crippen LogP contribution in [0.5, 0.6) is 0 Å². The zero-order chi connectivity index (χ0) is 18.7. The van der Waals surface area contributed by atoms with Crippen molar-refractivity contribution in [3.05, 3.63) is 64.7 Å². The topological polar surface area (TPSA) is 66.8 Å². The second-order valence-corrected chi connectivity index (χ2v) is 8.92. The average Bonchev–Trinajstić information content (AvgIpc) is 2.72. The Morgan fingerprint density at radius 3 is 2.58 bits per heavy atom. The van der Waals surface area contributed by atoms with E-state index in [4.69, 9.17) is 11.6 Å². The van der Waals surface area contributed by atoms with E-state index in [0.717, 1.165) is 11.1 Å². The predicted molar refractivity (Wildman–Crippen MR) is 105 cm³/mol. The maximum atomic E-state index is 12.6. The Morgan fingerprint density at radius 1 is 1.15 bits per heavy atom. The Balaban J connectivity index is 2.01. The minimum atomic E-state index is -3.08. The van der Waals surface area contributed by atoms with E-state index in [1.165, 1.54) is 6.26 Å². The molecule has 0 atom stereocenters. The first-order valence-electron chi connectivity index (χ1n) is 8.23. The highest BCUT2D eigenvalue weighted by molar-refractivity contribution is 7.90. The van der Waals surface area contributed by atoms with Crippen LogP contribution in [-0.4, -0.2) is 45.1 Å². The molecule has 0 unspecified atom stereocenters. The third-order valence-corrected chi connectivity index (χ3v) is 5.39. The highest BCUT2D eigenvalue weighted by Crippen LogP contribution is 2.29. The molecule has 0 aromatic heterocycles. The van der Waals surface area contributed by atoms with Gasteiger partial charge >= 0.3 is 0 Å². The summed E-state index contributed by atoms with van der Waals surface area (Å²) >= 11 is 6.19. The number of sulfone groups is 1. The smallest absolute Gasteiger partial charge is 0.248 e. The van der Waals surface area contributed by atoms with Gasteiger partial charge in [-0.1, -0.05) is 41.9 Å². The molecule has 0 saturated carbocycles. The van der Waals surface area contributed by atoms with Crippen molar-refractivity contribution in [2.45, 2.75) is 6.42 Å². The van der Waals surface area contributed by atoms with E-state index < -0.39 is 9.84 Å². The average molecular weight is 391 g/mol. The van der Waals surface area contributed by atoms with Crippen LogP contribution in [0.15, 0.2) is 53.5 Å². The predicted octanol–water partition coefficient (Wildman–Crippen LogP) is 2.96. The number of fused-ring (bicyclic) bond motifs is 1. The van der Waals surface area contributed by atoms with E-state index in [9.17, 15) is 13.2 Å². The van der Waals surface area contributed by atoms with Gasteiger partial charge in [0, 0.05) is 29.0 Å². The summed E-state index contributed by atoms with van der Waals surface area (Å²) in [6, 6.07) is 14.9. The van der Waals surface area contributed by atoms with Crippen molar-refractivity contribution in [2.75, 3.05) is 30.0 Å². The third-order valence-electron chi connectivity index (χ3n) is 4.12. The molecule has 2 aromatic carbocycles. The summed E-state index contributed by atoms with van der Waals surface area (Å²) in [5.41, 5.74) is 3.09. The van der Waals surface area contributed by atoms with E-state index in [-0.39, 0.29) is 18.2 Å². The number of amides is 1. The maximum Gasteiger partial charge on any atom is 0.248 e. The molecule has 0 saturated heterocycles. The first kappa shape index (κ1) is 18.6. The summed E-state index contributed by atoms with van der Waals surface area (Å²) in [5, 5.41) is 0.554. The van der Waals surface area contributed by atoms with E-state index in [0.29, 0.717) is 29.4 Å². The second-order valence-electron chi connectivity index (χ2n) is 6.22. The fourth-order valence-corrected chi connectivity index (χ4v) is 3.78. The van der Waals surface area contributed by atoms with E-state index in [1.54, 1.807) is 23.1 Å². The van der Waals surface area contributed by atoms with Gasteiger partial charge in [-0.05, 0) is 24.6 Å². The van der Waals surface area contributed by atoms with Crippen molar-refractivity contribution < 1.29 is 13.2 Å². The lowest BCUT2D eigenvalue weighted by Crippen LogP contribution is -2.34. The molecule has 136 valence electrons. The summed E-state index contributed by atoms with van der Waals surface area (Å²) in [7, 11) is -3.08. The highest BCUT2D eigenvalue weighted by Gasteiger charge is 2.25. The molecular formula is C19H19ClN2O3S. The summed E-state index contributed by atoms with van der Waals surface area (Å²) in [4.78, 5) is 18.8. The van der Waals surface area contributed by atoms with Crippen LogP contribution in [0, 0.1) is 0 Å². The Labute approximate surface area is 158 Å². The van der Waals surface area contributed by atoms with Gasteiger partial charge in [0.25, 0.3) is 0 Å². The number of rotatable bonds is 5. The highest BCUT2D eigenvalue weighted by atomic mass is 35.5. The van der Waals surface area contributed by atoms with Gasteiger partial charge in [-0.15, -0.1) is 0 Å². The maximum absolute atomic E-state index is 12.6. The Hall–Kier alpha value is -2.18. The Morgan fingerprint density at radius 2 is 1.88 bits per heavy atom. The van der Waals surface area contributed by atoms with Crippen molar-refractivity contribution in [1.29, 1.82) is 0 Å². The molecule has 7 heteroatoms. The van der Waals surface area contributed by atoms with Gasteiger partial charge in [-0.3, -0.25) is 9.79 Å². The van der Waals surface area contributed by atoms with Gasteiger partial charge in [-0.25, -0.2) is 8.42 Å². The van der Waals surface area contributed by atoms with Crippen molar-refractivity contribution in [3.63, 3.8) is 0 Å². The van der Waals surface area contributed by atoms with Crippen molar-refractivity contribution in [3.8, 4) is 0 Å². The Kier molecular flexibility index (Phi) is 5.44. The van der Waals surface area contributed by atoms with Gasteiger partial charge in [0.1, 0.15) is 16.4 Å². The number of carbonyl (C=O) groups is 1. The van der Waals surface area contributed by atoms with E-state index in [1.807, 2.05) is 30.3 Å². The molecule has 0 aliphatic carbocycles. The number of aliphatic imine (C=N–C) groups is 1. The number of benzodiazepines with no additional fused rings is 1. The van der Waals surface area contributed by atoms with E-state index >= 15 is 0 Å².